The topological polar surface area (TPSA) is 47.6 Å². The molecule has 0 amide bonds. The Labute approximate surface area is 75.0 Å². The molecule has 0 heterocycles. The summed E-state index contributed by atoms with van der Waals surface area (Å²) < 4.78 is 5.39. The summed E-state index contributed by atoms with van der Waals surface area (Å²) >= 11 is 0. The molecule has 3 nitrogen and oxygen atoms in total. The van der Waals surface area contributed by atoms with E-state index >= 15 is 0 Å². The number of hydrogen-bond acceptors (Lipinski definition) is 2. The molecule has 0 unspecified atom stereocenters. The van der Waals surface area contributed by atoms with E-state index in [1.807, 2.05) is 6.92 Å². The van der Waals surface area contributed by atoms with Gasteiger partial charge in [0.2, 0.25) is 0 Å². The van der Waals surface area contributed by atoms with Crippen molar-refractivity contribution in [3.8, 4) is 0 Å². The highest BCUT2D eigenvalue weighted by molar-refractivity contribution is 5.88. The predicted octanol–water partition coefficient (Wildman–Crippen LogP) is 1.57. The van der Waals surface area contributed by atoms with Crippen LogP contribution in [0.1, 0.15) is 33.6 Å². The highest BCUT2D eigenvalue weighted by Gasteiger charge is 2.29. The van der Waals surface area contributed by atoms with Gasteiger partial charge in [0, 0.05) is 13.7 Å². The van der Waals surface area contributed by atoms with Crippen molar-refractivity contribution in [1.29, 1.82) is 0 Å². The van der Waals surface area contributed by atoms with Gasteiger partial charge in [0.25, 0.3) is 0 Å². The lowest BCUT2D eigenvalue weighted by atomic mass is 9.96. The van der Waals surface area contributed by atoms with Gasteiger partial charge in [0.15, 0.2) is 0 Å². The third-order valence-electron chi connectivity index (χ3n) is 2.33. The van der Waals surface area contributed by atoms with Crippen molar-refractivity contribution in [1.82, 2.24) is 0 Å². The molecule has 0 aromatic heterocycles. The van der Waals surface area contributed by atoms with Gasteiger partial charge >= 0.3 is 0 Å². The van der Waals surface area contributed by atoms with Gasteiger partial charge in [-0.25, -0.2) is 0 Å². The van der Waals surface area contributed by atoms with Crippen LogP contribution in [-0.2, 0) is 4.74 Å². The lowest BCUT2D eigenvalue weighted by Gasteiger charge is -2.29. The first-order valence-corrected chi connectivity index (χ1v) is 4.52. The van der Waals surface area contributed by atoms with Crippen LogP contribution in [0.4, 0.5) is 0 Å². The SMILES string of the molecule is CCN=C(N)C(CC)(CC)OC. The maximum absolute atomic E-state index is 5.82. The maximum atomic E-state index is 5.82. The summed E-state index contributed by atoms with van der Waals surface area (Å²) in [6.45, 7) is 6.81. The summed E-state index contributed by atoms with van der Waals surface area (Å²) in [6, 6.07) is 0. The van der Waals surface area contributed by atoms with Gasteiger partial charge in [0.05, 0.1) is 0 Å². The van der Waals surface area contributed by atoms with E-state index in [1.165, 1.54) is 0 Å². The summed E-state index contributed by atoms with van der Waals surface area (Å²) in [5.74, 6) is 0.623. The minimum Gasteiger partial charge on any atom is -0.385 e. The van der Waals surface area contributed by atoms with E-state index in [1.54, 1.807) is 7.11 Å². The molecule has 0 aromatic rings. The molecule has 0 radical (unpaired) electrons. The average Bonchev–Trinajstić information content (AvgIpc) is 2.09. The summed E-state index contributed by atoms with van der Waals surface area (Å²) in [6.07, 6.45) is 1.74. The zero-order chi connectivity index (χ0) is 9.61. The third kappa shape index (κ3) is 2.21. The molecule has 0 aliphatic carbocycles. The second-order valence-corrected chi connectivity index (χ2v) is 2.77. The first-order valence-electron chi connectivity index (χ1n) is 4.52. The number of amidine groups is 1. The Morgan fingerprint density at radius 2 is 1.83 bits per heavy atom. The van der Waals surface area contributed by atoms with Crippen LogP contribution >= 0.6 is 0 Å². The number of hydrogen-bond donors (Lipinski definition) is 1. The van der Waals surface area contributed by atoms with Crippen LogP contribution in [0.25, 0.3) is 0 Å². The van der Waals surface area contributed by atoms with Crippen molar-refractivity contribution in [3.05, 3.63) is 0 Å². The molecule has 0 aromatic carbocycles. The fourth-order valence-corrected chi connectivity index (χ4v) is 1.32. The molecule has 72 valence electrons. The molecular formula is C9H20N2O. The Bertz CT molecular complexity index is 142. The van der Waals surface area contributed by atoms with E-state index in [0.717, 1.165) is 19.4 Å². The number of aliphatic imine (C=N–C) groups is 1. The quantitative estimate of drug-likeness (QED) is 0.505. The molecule has 0 aliphatic heterocycles. The second-order valence-electron chi connectivity index (χ2n) is 2.77. The minimum absolute atomic E-state index is 0.337. The van der Waals surface area contributed by atoms with Crippen LogP contribution in [0.5, 0.6) is 0 Å². The molecule has 0 saturated carbocycles. The molecular weight excluding hydrogens is 152 g/mol. The van der Waals surface area contributed by atoms with Crippen LogP contribution in [0.15, 0.2) is 4.99 Å². The maximum Gasteiger partial charge on any atom is 0.126 e. The average molecular weight is 172 g/mol. The minimum atomic E-state index is -0.337. The summed E-state index contributed by atoms with van der Waals surface area (Å²) in [4.78, 5) is 4.18. The van der Waals surface area contributed by atoms with Crippen LogP contribution in [0, 0.1) is 0 Å². The van der Waals surface area contributed by atoms with Gasteiger partial charge in [-0.05, 0) is 19.8 Å². The molecule has 0 saturated heterocycles. The van der Waals surface area contributed by atoms with Crippen LogP contribution in [0.2, 0.25) is 0 Å². The molecule has 0 rings (SSSR count). The monoisotopic (exact) mass is 172 g/mol. The Morgan fingerprint density at radius 3 is 2.08 bits per heavy atom. The molecule has 0 atom stereocenters. The van der Waals surface area contributed by atoms with Crippen molar-refractivity contribution in [2.45, 2.75) is 39.2 Å². The van der Waals surface area contributed by atoms with Crippen molar-refractivity contribution in [3.63, 3.8) is 0 Å². The van der Waals surface area contributed by atoms with E-state index in [4.69, 9.17) is 10.5 Å². The van der Waals surface area contributed by atoms with Crippen molar-refractivity contribution >= 4 is 5.84 Å². The molecule has 0 fully saturated rings. The predicted molar refractivity (Wildman–Crippen MR) is 52.5 cm³/mol. The van der Waals surface area contributed by atoms with Gasteiger partial charge in [0.1, 0.15) is 11.4 Å². The number of rotatable bonds is 5. The van der Waals surface area contributed by atoms with E-state index in [2.05, 4.69) is 18.8 Å². The largest absolute Gasteiger partial charge is 0.385 e. The van der Waals surface area contributed by atoms with Crippen molar-refractivity contribution in [2.75, 3.05) is 13.7 Å². The smallest absolute Gasteiger partial charge is 0.126 e. The Hall–Kier alpha value is -0.570. The van der Waals surface area contributed by atoms with E-state index in [9.17, 15) is 0 Å². The van der Waals surface area contributed by atoms with Gasteiger partial charge in [-0.15, -0.1) is 0 Å². The van der Waals surface area contributed by atoms with Crippen LogP contribution in [0.3, 0.4) is 0 Å². The number of ether oxygens (including phenoxy) is 1. The number of methoxy groups -OCH3 is 1. The van der Waals surface area contributed by atoms with Gasteiger partial charge in [-0.2, -0.15) is 0 Å². The van der Waals surface area contributed by atoms with Gasteiger partial charge < -0.3 is 10.5 Å². The summed E-state index contributed by atoms with van der Waals surface area (Å²) in [5, 5.41) is 0. The highest BCUT2D eigenvalue weighted by atomic mass is 16.5. The molecule has 0 bridgehead atoms. The Kier molecular flexibility index (Phi) is 4.90. The summed E-state index contributed by atoms with van der Waals surface area (Å²) in [7, 11) is 1.69. The first kappa shape index (κ1) is 11.4. The van der Waals surface area contributed by atoms with Crippen LogP contribution in [-0.4, -0.2) is 25.1 Å². The number of nitrogens with two attached hydrogens (primary N) is 1. The Balaban J connectivity index is 4.58. The van der Waals surface area contributed by atoms with Gasteiger partial charge in [-0.3, -0.25) is 4.99 Å². The van der Waals surface area contributed by atoms with Gasteiger partial charge in [-0.1, -0.05) is 13.8 Å². The zero-order valence-electron chi connectivity index (χ0n) is 8.55. The summed E-state index contributed by atoms with van der Waals surface area (Å²) in [5.41, 5.74) is 5.48. The van der Waals surface area contributed by atoms with Crippen LogP contribution < -0.4 is 5.73 Å². The standard InChI is InChI=1S/C9H20N2O/c1-5-9(6-2,12-4)8(10)11-7-3/h5-7H2,1-4H3,(H2,10,11). The van der Waals surface area contributed by atoms with Crippen molar-refractivity contribution in [2.24, 2.45) is 10.7 Å². The molecule has 2 N–H and O–H groups in total. The van der Waals surface area contributed by atoms with E-state index < -0.39 is 0 Å². The molecule has 0 aliphatic rings. The second kappa shape index (κ2) is 5.14. The lowest BCUT2D eigenvalue weighted by Crippen LogP contribution is -2.44. The third-order valence-corrected chi connectivity index (χ3v) is 2.33. The van der Waals surface area contributed by atoms with Crippen molar-refractivity contribution < 1.29 is 4.74 Å². The lowest BCUT2D eigenvalue weighted by molar-refractivity contribution is 0.0423. The molecule has 0 spiro atoms. The Morgan fingerprint density at radius 1 is 1.33 bits per heavy atom. The number of nitrogens with zero attached hydrogens (tertiary/aromatic N) is 1. The zero-order valence-corrected chi connectivity index (χ0v) is 8.55. The van der Waals surface area contributed by atoms with E-state index in [0.29, 0.717) is 5.84 Å². The normalized spacial score (nSPS) is 13.5. The fourth-order valence-electron chi connectivity index (χ4n) is 1.32. The first-order chi connectivity index (χ1) is 5.66. The highest BCUT2D eigenvalue weighted by Crippen LogP contribution is 2.19. The van der Waals surface area contributed by atoms with E-state index in [-0.39, 0.29) is 5.60 Å². The molecule has 12 heavy (non-hydrogen) atoms. The fraction of sp³-hybridized carbons (Fsp3) is 0.889. The molecule has 3 heteroatoms.